The summed E-state index contributed by atoms with van der Waals surface area (Å²) in [4.78, 5) is 18.0. The molecule has 0 bridgehead atoms. The number of carbonyl (C=O) groups excluding carboxylic acids is 1. The molecule has 3 aromatic carbocycles. The highest BCUT2D eigenvalue weighted by Crippen LogP contribution is 2.39. The lowest BCUT2D eigenvalue weighted by molar-refractivity contribution is -0.133. The summed E-state index contributed by atoms with van der Waals surface area (Å²) >= 11 is 0. The van der Waals surface area contributed by atoms with Crippen molar-refractivity contribution in [2.45, 2.75) is 51.5 Å². The van der Waals surface area contributed by atoms with Gasteiger partial charge in [0.2, 0.25) is 5.91 Å². The number of aromatic nitrogens is 1. The second kappa shape index (κ2) is 13.0. The maximum absolute atomic E-state index is 13.4. The summed E-state index contributed by atoms with van der Waals surface area (Å²) in [6.07, 6.45) is 6.82. The standard InChI is InChI=1S/C35H41N3O4/c1-40-29-15-13-27(14-16-29)25-37-22-23-41-32-11-4-2-8-28(32)9-6-7-17-35(26-37)18-20-38(21-19-35)34(39)24-31-30-10-3-5-12-33(30)42-36-31/h2-5,8,10-16H,6-7,9,17-26H2,1H3. The minimum atomic E-state index is 0.136. The fourth-order valence-electron chi connectivity index (χ4n) is 6.67. The van der Waals surface area contributed by atoms with Crippen LogP contribution in [-0.2, 0) is 24.2 Å². The first-order valence-electron chi connectivity index (χ1n) is 15.3. The van der Waals surface area contributed by atoms with E-state index in [4.69, 9.17) is 14.0 Å². The number of aryl methyl sites for hydroxylation is 1. The Morgan fingerprint density at radius 2 is 1.71 bits per heavy atom. The summed E-state index contributed by atoms with van der Waals surface area (Å²) in [7, 11) is 1.70. The summed E-state index contributed by atoms with van der Waals surface area (Å²) in [5.74, 6) is 2.03. The van der Waals surface area contributed by atoms with Gasteiger partial charge in [-0.3, -0.25) is 9.69 Å². The molecule has 6 rings (SSSR count). The van der Waals surface area contributed by atoms with E-state index < -0.39 is 0 Å². The van der Waals surface area contributed by atoms with Gasteiger partial charge in [-0.05, 0) is 79.0 Å². The quantitative estimate of drug-likeness (QED) is 0.282. The maximum atomic E-state index is 13.4. The fourth-order valence-corrected chi connectivity index (χ4v) is 6.67. The van der Waals surface area contributed by atoms with Crippen LogP contribution in [-0.4, -0.2) is 60.8 Å². The minimum Gasteiger partial charge on any atom is -0.497 e. The molecule has 42 heavy (non-hydrogen) atoms. The molecule has 0 radical (unpaired) electrons. The Labute approximate surface area is 248 Å². The molecule has 0 unspecified atom stereocenters. The molecule has 2 aliphatic rings. The highest BCUT2D eigenvalue weighted by molar-refractivity contribution is 5.86. The van der Waals surface area contributed by atoms with Crippen LogP contribution in [0.5, 0.6) is 11.5 Å². The molecular weight excluding hydrogens is 526 g/mol. The number of nitrogens with zero attached hydrogens (tertiary/aromatic N) is 3. The maximum Gasteiger partial charge on any atom is 0.228 e. The van der Waals surface area contributed by atoms with Crippen molar-refractivity contribution in [1.82, 2.24) is 15.0 Å². The second-order valence-electron chi connectivity index (χ2n) is 11.9. The Morgan fingerprint density at radius 3 is 2.55 bits per heavy atom. The van der Waals surface area contributed by atoms with Crippen molar-refractivity contribution < 1.29 is 18.8 Å². The normalized spacial score (nSPS) is 18.1. The highest BCUT2D eigenvalue weighted by atomic mass is 16.5. The molecule has 0 aliphatic carbocycles. The number of fused-ring (bicyclic) bond motifs is 2. The third-order valence-electron chi connectivity index (χ3n) is 9.11. The molecule has 0 N–H and O–H groups in total. The van der Waals surface area contributed by atoms with Crippen LogP contribution in [0.1, 0.15) is 48.9 Å². The molecule has 7 heteroatoms. The molecular formula is C35H41N3O4. The summed E-state index contributed by atoms with van der Waals surface area (Å²) < 4.78 is 17.2. The van der Waals surface area contributed by atoms with E-state index in [-0.39, 0.29) is 17.7 Å². The van der Waals surface area contributed by atoms with Crippen LogP contribution in [0.4, 0.5) is 0 Å². The number of amides is 1. The zero-order valence-electron chi connectivity index (χ0n) is 24.6. The predicted octanol–water partition coefficient (Wildman–Crippen LogP) is 6.30. The van der Waals surface area contributed by atoms with Crippen molar-refractivity contribution in [1.29, 1.82) is 0 Å². The van der Waals surface area contributed by atoms with Gasteiger partial charge in [-0.1, -0.05) is 54.0 Å². The number of para-hydroxylation sites is 2. The predicted molar refractivity (Wildman–Crippen MR) is 164 cm³/mol. The van der Waals surface area contributed by atoms with E-state index in [1.54, 1.807) is 7.11 Å². The van der Waals surface area contributed by atoms with Gasteiger partial charge in [-0.15, -0.1) is 0 Å². The van der Waals surface area contributed by atoms with E-state index in [0.29, 0.717) is 6.61 Å². The molecule has 0 atom stereocenters. The fraction of sp³-hybridized carbons (Fsp3) is 0.429. The number of piperidine rings is 1. The highest BCUT2D eigenvalue weighted by Gasteiger charge is 2.37. The van der Waals surface area contributed by atoms with Gasteiger partial charge in [0, 0.05) is 38.1 Å². The van der Waals surface area contributed by atoms with Crippen molar-refractivity contribution >= 4 is 16.9 Å². The van der Waals surface area contributed by atoms with E-state index in [2.05, 4.69) is 46.5 Å². The summed E-state index contributed by atoms with van der Waals surface area (Å²) in [5.41, 5.74) is 4.20. The van der Waals surface area contributed by atoms with Crippen molar-refractivity contribution in [3.05, 3.63) is 89.6 Å². The molecule has 4 aromatic rings. The van der Waals surface area contributed by atoms with Gasteiger partial charge in [0.25, 0.3) is 0 Å². The SMILES string of the molecule is COc1ccc(CN2CCOc3ccccc3CCCCC3(CCN(C(=O)Cc4noc5ccccc45)CC3)C2)cc1. The van der Waals surface area contributed by atoms with Gasteiger partial charge in [0.05, 0.1) is 13.5 Å². The van der Waals surface area contributed by atoms with Crippen molar-refractivity contribution in [2.24, 2.45) is 5.41 Å². The number of carbonyl (C=O) groups is 1. The average molecular weight is 568 g/mol. The first kappa shape index (κ1) is 28.3. The third kappa shape index (κ3) is 6.62. The molecule has 7 nitrogen and oxygen atoms in total. The summed E-state index contributed by atoms with van der Waals surface area (Å²) in [5, 5.41) is 5.13. The monoisotopic (exact) mass is 567 g/mol. The number of hydrogen-bond donors (Lipinski definition) is 0. The lowest BCUT2D eigenvalue weighted by Gasteiger charge is -2.45. The Hall–Kier alpha value is -3.84. The Bertz CT molecular complexity index is 1470. The van der Waals surface area contributed by atoms with Crippen LogP contribution in [0.2, 0.25) is 0 Å². The lowest BCUT2D eigenvalue weighted by atomic mass is 9.73. The van der Waals surface area contributed by atoms with E-state index in [1.165, 1.54) is 24.0 Å². The van der Waals surface area contributed by atoms with Crippen molar-refractivity contribution in [3.8, 4) is 11.5 Å². The first-order chi connectivity index (χ1) is 20.6. The van der Waals surface area contributed by atoms with E-state index in [1.807, 2.05) is 41.3 Å². The van der Waals surface area contributed by atoms with E-state index >= 15 is 0 Å². The molecule has 3 heterocycles. The molecule has 1 saturated heterocycles. The van der Waals surface area contributed by atoms with Gasteiger partial charge in [-0.2, -0.15) is 0 Å². The molecule has 1 fully saturated rings. The smallest absolute Gasteiger partial charge is 0.228 e. The molecule has 1 aromatic heterocycles. The van der Waals surface area contributed by atoms with Crippen LogP contribution < -0.4 is 9.47 Å². The lowest BCUT2D eigenvalue weighted by Crippen LogP contribution is -2.48. The molecule has 1 amide bonds. The molecule has 2 aliphatic heterocycles. The van der Waals surface area contributed by atoms with Gasteiger partial charge >= 0.3 is 0 Å². The average Bonchev–Trinajstić information content (AvgIpc) is 3.42. The number of ether oxygens (including phenoxy) is 2. The Kier molecular flexibility index (Phi) is 8.75. The Balaban J connectivity index is 1.16. The van der Waals surface area contributed by atoms with Crippen LogP contribution in [0, 0.1) is 5.41 Å². The molecule has 0 saturated carbocycles. The van der Waals surface area contributed by atoms with Crippen molar-refractivity contribution in [3.63, 3.8) is 0 Å². The first-order valence-corrected chi connectivity index (χ1v) is 15.3. The molecule has 220 valence electrons. The zero-order valence-corrected chi connectivity index (χ0v) is 24.6. The summed E-state index contributed by atoms with van der Waals surface area (Å²) in [6.45, 7) is 4.93. The molecule has 1 spiro atoms. The zero-order chi connectivity index (χ0) is 28.8. The third-order valence-corrected chi connectivity index (χ3v) is 9.11. The van der Waals surface area contributed by atoms with Gasteiger partial charge in [-0.25, -0.2) is 0 Å². The number of hydrogen-bond acceptors (Lipinski definition) is 6. The van der Waals surface area contributed by atoms with E-state index in [0.717, 1.165) is 86.6 Å². The second-order valence-corrected chi connectivity index (χ2v) is 11.9. The van der Waals surface area contributed by atoms with Crippen LogP contribution in [0.15, 0.2) is 77.3 Å². The number of methoxy groups -OCH3 is 1. The number of rotatable bonds is 5. The van der Waals surface area contributed by atoms with Crippen molar-refractivity contribution in [2.75, 3.05) is 39.9 Å². The van der Waals surface area contributed by atoms with Gasteiger partial charge in [0.1, 0.15) is 23.8 Å². The van der Waals surface area contributed by atoms with Gasteiger partial charge in [0.15, 0.2) is 5.58 Å². The van der Waals surface area contributed by atoms with Crippen LogP contribution in [0.3, 0.4) is 0 Å². The van der Waals surface area contributed by atoms with Gasteiger partial charge < -0.3 is 18.9 Å². The van der Waals surface area contributed by atoms with Crippen LogP contribution in [0.25, 0.3) is 11.0 Å². The topological polar surface area (TPSA) is 68.0 Å². The largest absolute Gasteiger partial charge is 0.497 e. The minimum absolute atomic E-state index is 0.136. The number of likely N-dealkylation sites (tertiary alicyclic amines) is 1. The van der Waals surface area contributed by atoms with E-state index in [9.17, 15) is 4.79 Å². The van der Waals surface area contributed by atoms with Crippen LogP contribution >= 0.6 is 0 Å². The summed E-state index contributed by atoms with van der Waals surface area (Å²) in [6, 6.07) is 24.6. The Morgan fingerprint density at radius 1 is 0.929 bits per heavy atom. The number of benzene rings is 3.